The van der Waals surface area contributed by atoms with E-state index in [0.29, 0.717) is 0 Å². The highest BCUT2D eigenvalue weighted by Crippen LogP contribution is 2.22. The summed E-state index contributed by atoms with van der Waals surface area (Å²) in [5.41, 5.74) is 0.247. The third kappa shape index (κ3) is 3.97. The zero-order valence-electron chi connectivity index (χ0n) is 14.1. The number of non-ortho nitro benzene ring substituents is 2. The summed E-state index contributed by atoms with van der Waals surface area (Å²) in [6.45, 7) is 0.163. The molecule has 0 saturated heterocycles. The molecule has 1 aromatic heterocycles. The molecule has 11 nitrogen and oxygen atoms in total. The van der Waals surface area contributed by atoms with E-state index in [4.69, 9.17) is 0 Å². The third-order valence-electron chi connectivity index (χ3n) is 4.22. The van der Waals surface area contributed by atoms with Crippen molar-refractivity contribution < 1.29 is 14.6 Å². The quantitative estimate of drug-likeness (QED) is 0.585. The highest BCUT2D eigenvalue weighted by atomic mass is 16.6. The summed E-state index contributed by atoms with van der Waals surface area (Å²) < 4.78 is 1.25. The second kappa shape index (κ2) is 7.32. The van der Waals surface area contributed by atoms with Gasteiger partial charge in [0.25, 0.3) is 22.8 Å². The van der Waals surface area contributed by atoms with E-state index in [1.54, 1.807) is 6.07 Å². The molecule has 1 amide bonds. The second-order valence-corrected chi connectivity index (χ2v) is 6.04. The van der Waals surface area contributed by atoms with Crippen molar-refractivity contribution in [1.29, 1.82) is 0 Å². The average molecular weight is 373 g/mol. The van der Waals surface area contributed by atoms with Gasteiger partial charge in [0, 0.05) is 24.7 Å². The molecule has 0 saturated carbocycles. The minimum absolute atomic E-state index is 0.0427. The molecule has 11 heteroatoms. The molecule has 0 aliphatic heterocycles. The summed E-state index contributed by atoms with van der Waals surface area (Å²) in [6.07, 6.45) is 2.59. The number of hydrogen-bond donors (Lipinski definition) is 1. The molecule has 1 N–H and O–H groups in total. The monoisotopic (exact) mass is 373 g/mol. The lowest BCUT2D eigenvalue weighted by Crippen LogP contribution is -2.32. The van der Waals surface area contributed by atoms with Crippen LogP contribution in [-0.4, -0.2) is 32.1 Å². The van der Waals surface area contributed by atoms with Crippen molar-refractivity contribution in [2.24, 2.45) is 0 Å². The molecule has 0 radical (unpaired) electrons. The number of fused-ring (bicyclic) bond motifs is 1. The topological polar surface area (TPSA) is 150 Å². The van der Waals surface area contributed by atoms with Gasteiger partial charge in [-0.2, -0.15) is 5.10 Å². The molecule has 0 unspecified atom stereocenters. The van der Waals surface area contributed by atoms with Crippen LogP contribution in [0.25, 0.3) is 0 Å². The van der Waals surface area contributed by atoms with Crippen molar-refractivity contribution in [2.75, 3.05) is 6.54 Å². The van der Waals surface area contributed by atoms with Crippen molar-refractivity contribution in [1.82, 2.24) is 15.1 Å². The molecular weight excluding hydrogens is 358 g/mol. The van der Waals surface area contributed by atoms with E-state index in [-0.39, 0.29) is 24.2 Å². The molecule has 27 heavy (non-hydrogen) atoms. The van der Waals surface area contributed by atoms with Gasteiger partial charge in [0.1, 0.15) is 0 Å². The maximum absolute atomic E-state index is 12.2. The first kappa shape index (κ1) is 18.2. The molecule has 0 bridgehead atoms. The molecule has 0 spiro atoms. The number of carbonyl (C=O) groups excluding carboxylic acids is 1. The van der Waals surface area contributed by atoms with Crippen LogP contribution in [0.1, 0.15) is 28.0 Å². The Morgan fingerprint density at radius 1 is 1.11 bits per heavy atom. The lowest BCUT2D eigenvalue weighted by Gasteiger charge is -2.08. The maximum atomic E-state index is 12.2. The molecule has 3 rings (SSSR count). The molecular formula is C16H15N5O6. The second-order valence-electron chi connectivity index (χ2n) is 6.04. The van der Waals surface area contributed by atoms with E-state index in [9.17, 15) is 29.8 Å². The number of rotatable bonds is 6. The molecule has 1 heterocycles. The fourth-order valence-corrected chi connectivity index (χ4v) is 2.91. The Hall–Kier alpha value is -3.63. The largest absolute Gasteiger partial charge is 0.350 e. The highest BCUT2D eigenvalue weighted by Gasteiger charge is 2.20. The van der Waals surface area contributed by atoms with E-state index in [0.717, 1.165) is 48.7 Å². The van der Waals surface area contributed by atoms with E-state index in [2.05, 4.69) is 10.4 Å². The number of nitrogens with zero attached hydrogens (tertiary/aromatic N) is 4. The Morgan fingerprint density at radius 2 is 1.78 bits per heavy atom. The van der Waals surface area contributed by atoms with Gasteiger partial charge >= 0.3 is 0 Å². The van der Waals surface area contributed by atoms with Crippen molar-refractivity contribution in [3.8, 4) is 0 Å². The first-order chi connectivity index (χ1) is 12.8. The Labute approximate surface area is 151 Å². The molecule has 1 aliphatic rings. The van der Waals surface area contributed by atoms with Crippen LogP contribution in [0.3, 0.4) is 0 Å². The van der Waals surface area contributed by atoms with Gasteiger partial charge < -0.3 is 5.32 Å². The molecule has 2 aromatic rings. The normalized spacial score (nSPS) is 12.4. The highest BCUT2D eigenvalue weighted by molar-refractivity contribution is 5.95. The number of benzene rings is 1. The van der Waals surface area contributed by atoms with Crippen LogP contribution in [0.2, 0.25) is 0 Å². The predicted octanol–water partition coefficient (Wildman–Crippen LogP) is 0.978. The summed E-state index contributed by atoms with van der Waals surface area (Å²) in [5, 5.41) is 28.5. The lowest BCUT2D eigenvalue weighted by atomic mass is 10.1. The average Bonchev–Trinajstić information content (AvgIpc) is 3.08. The Bertz CT molecular complexity index is 967. The van der Waals surface area contributed by atoms with E-state index < -0.39 is 27.1 Å². The Morgan fingerprint density at radius 3 is 2.41 bits per heavy atom. The summed E-state index contributed by atoms with van der Waals surface area (Å²) in [7, 11) is 0. The first-order valence-electron chi connectivity index (χ1n) is 8.17. The molecule has 0 atom stereocenters. The Balaban J connectivity index is 1.70. The van der Waals surface area contributed by atoms with Gasteiger partial charge in [0.05, 0.1) is 33.7 Å². The van der Waals surface area contributed by atoms with E-state index >= 15 is 0 Å². The van der Waals surface area contributed by atoms with E-state index in [1.807, 2.05) is 0 Å². The van der Waals surface area contributed by atoms with Crippen LogP contribution >= 0.6 is 0 Å². The number of nitro benzene ring substituents is 2. The third-order valence-corrected chi connectivity index (χ3v) is 4.22. The minimum Gasteiger partial charge on any atom is -0.350 e. The zero-order chi connectivity index (χ0) is 19.6. The van der Waals surface area contributed by atoms with Gasteiger partial charge in [-0.1, -0.05) is 0 Å². The van der Waals surface area contributed by atoms with Crippen LogP contribution in [0, 0.1) is 20.2 Å². The van der Waals surface area contributed by atoms with Crippen molar-refractivity contribution in [2.45, 2.75) is 25.8 Å². The van der Waals surface area contributed by atoms with Gasteiger partial charge in [0.2, 0.25) is 0 Å². The predicted molar refractivity (Wildman–Crippen MR) is 92.6 cm³/mol. The van der Waals surface area contributed by atoms with Crippen LogP contribution in [-0.2, 0) is 19.4 Å². The van der Waals surface area contributed by atoms with Crippen molar-refractivity contribution in [3.63, 3.8) is 0 Å². The molecule has 1 aliphatic carbocycles. The number of amides is 1. The first-order valence-corrected chi connectivity index (χ1v) is 8.17. The summed E-state index contributed by atoms with van der Waals surface area (Å²) >= 11 is 0. The van der Waals surface area contributed by atoms with Gasteiger partial charge in [-0.15, -0.1) is 0 Å². The van der Waals surface area contributed by atoms with Crippen LogP contribution in [0.4, 0.5) is 11.4 Å². The molecule has 140 valence electrons. The standard InChI is InChI=1S/C16H15N5O6/c22-15-8-10-2-1-3-14(10)18-19(15)5-4-17-16(23)11-6-12(20(24)25)9-13(7-11)21(26)27/h6-9H,1-5H2,(H,17,23). The smallest absolute Gasteiger partial charge is 0.277 e. The maximum Gasteiger partial charge on any atom is 0.277 e. The number of carbonyl (C=O) groups is 1. The minimum atomic E-state index is -0.808. The van der Waals surface area contributed by atoms with Crippen LogP contribution < -0.4 is 10.9 Å². The number of aryl methyl sites for hydroxylation is 2. The van der Waals surface area contributed by atoms with Gasteiger partial charge in [0.15, 0.2) is 0 Å². The number of nitrogens with one attached hydrogen (secondary N) is 1. The SMILES string of the molecule is O=C(NCCn1nc2c(cc1=O)CCC2)c1cc([N+](=O)[O-])cc([N+](=O)[O-])c1. The van der Waals surface area contributed by atoms with Gasteiger partial charge in [-0.05, 0) is 24.8 Å². The molecule has 0 fully saturated rings. The van der Waals surface area contributed by atoms with Crippen molar-refractivity contribution >= 4 is 17.3 Å². The fourth-order valence-electron chi connectivity index (χ4n) is 2.91. The Kier molecular flexibility index (Phi) is 4.92. The summed E-state index contributed by atoms with van der Waals surface area (Å²) in [5.74, 6) is -0.712. The van der Waals surface area contributed by atoms with E-state index in [1.165, 1.54) is 4.68 Å². The van der Waals surface area contributed by atoms with Crippen LogP contribution in [0.15, 0.2) is 29.1 Å². The van der Waals surface area contributed by atoms with Crippen molar-refractivity contribution in [3.05, 3.63) is 71.7 Å². The number of nitro groups is 2. The number of hydrogen-bond acceptors (Lipinski definition) is 7. The summed E-state index contributed by atoms with van der Waals surface area (Å²) in [6, 6.07) is 4.25. The fraction of sp³-hybridized carbons (Fsp3) is 0.312. The lowest BCUT2D eigenvalue weighted by molar-refractivity contribution is -0.394. The molecule has 1 aromatic carbocycles. The van der Waals surface area contributed by atoms with Gasteiger partial charge in [-0.3, -0.25) is 29.8 Å². The van der Waals surface area contributed by atoms with Gasteiger partial charge in [-0.25, -0.2) is 4.68 Å². The summed E-state index contributed by atoms with van der Waals surface area (Å²) in [4.78, 5) is 44.3. The number of aromatic nitrogens is 2. The van der Waals surface area contributed by atoms with Crippen LogP contribution in [0.5, 0.6) is 0 Å². The zero-order valence-corrected chi connectivity index (χ0v) is 14.1.